The van der Waals surface area contributed by atoms with E-state index in [4.69, 9.17) is 21.1 Å². The second kappa shape index (κ2) is 10.0. The van der Waals surface area contributed by atoms with E-state index >= 15 is 0 Å². The monoisotopic (exact) mass is 481 g/mol. The summed E-state index contributed by atoms with van der Waals surface area (Å²) >= 11 is 6.24. The van der Waals surface area contributed by atoms with Crippen LogP contribution in [-0.2, 0) is 16.1 Å². The zero-order valence-electron chi connectivity index (χ0n) is 18.8. The molecule has 0 radical (unpaired) electrons. The molecule has 1 amide bonds. The number of carbonyl (C=O) groups excluding carboxylic acids is 2. The van der Waals surface area contributed by atoms with Gasteiger partial charge in [-0.3, -0.25) is 9.59 Å². The number of aromatic nitrogens is 2. The van der Waals surface area contributed by atoms with Crippen molar-refractivity contribution in [3.63, 3.8) is 0 Å². The maximum Gasteiger partial charge on any atom is 0.295 e. The molecule has 8 nitrogen and oxygen atoms in total. The van der Waals surface area contributed by atoms with E-state index in [9.17, 15) is 14.7 Å². The summed E-state index contributed by atoms with van der Waals surface area (Å²) in [4.78, 5) is 31.7. The number of likely N-dealkylation sites (tertiary alicyclic amines) is 1. The minimum absolute atomic E-state index is 0.0130. The highest BCUT2D eigenvalue weighted by Gasteiger charge is 2.45. The molecule has 1 unspecified atom stereocenters. The van der Waals surface area contributed by atoms with Gasteiger partial charge in [-0.2, -0.15) is 0 Å². The lowest BCUT2D eigenvalue weighted by atomic mass is 9.95. The maximum absolute atomic E-state index is 13.1. The third kappa shape index (κ3) is 4.49. The molecular weight excluding hydrogens is 458 g/mol. The Morgan fingerprint density at radius 3 is 2.47 bits per heavy atom. The molecule has 0 bridgehead atoms. The number of aryl methyl sites for hydroxylation is 1. The Morgan fingerprint density at radius 2 is 1.85 bits per heavy atom. The van der Waals surface area contributed by atoms with Crippen LogP contribution in [0.4, 0.5) is 0 Å². The predicted molar refractivity (Wildman–Crippen MR) is 127 cm³/mol. The van der Waals surface area contributed by atoms with E-state index in [1.54, 1.807) is 56.0 Å². The van der Waals surface area contributed by atoms with E-state index in [1.807, 2.05) is 10.8 Å². The highest BCUT2D eigenvalue weighted by atomic mass is 35.5. The van der Waals surface area contributed by atoms with Gasteiger partial charge in [-0.05, 0) is 42.3 Å². The second-order valence-corrected chi connectivity index (χ2v) is 8.18. The number of halogens is 1. The molecule has 0 spiro atoms. The fourth-order valence-corrected chi connectivity index (χ4v) is 4.31. The number of benzene rings is 2. The molecule has 2 heterocycles. The molecule has 1 fully saturated rings. The van der Waals surface area contributed by atoms with Crippen molar-refractivity contribution in [2.24, 2.45) is 0 Å². The van der Waals surface area contributed by atoms with Gasteiger partial charge in [0.2, 0.25) is 0 Å². The number of nitrogens with zero attached hydrogens (tertiary/aromatic N) is 3. The van der Waals surface area contributed by atoms with Gasteiger partial charge in [0.05, 0.1) is 37.2 Å². The summed E-state index contributed by atoms with van der Waals surface area (Å²) in [5.74, 6) is -0.617. The van der Waals surface area contributed by atoms with Gasteiger partial charge < -0.3 is 24.0 Å². The number of rotatable bonds is 8. The molecule has 0 aliphatic carbocycles. The molecule has 1 aliphatic heterocycles. The molecule has 1 saturated heterocycles. The first-order valence-electron chi connectivity index (χ1n) is 10.7. The van der Waals surface area contributed by atoms with Crippen molar-refractivity contribution in [3.8, 4) is 11.5 Å². The van der Waals surface area contributed by atoms with Crippen LogP contribution in [0.5, 0.6) is 11.5 Å². The summed E-state index contributed by atoms with van der Waals surface area (Å²) in [7, 11) is 3.05. The number of ether oxygens (including phenoxy) is 2. The van der Waals surface area contributed by atoms with Crippen molar-refractivity contribution in [1.29, 1.82) is 0 Å². The molecule has 1 aliphatic rings. The van der Waals surface area contributed by atoms with Gasteiger partial charge in [0, 0.05) is 31.0 Å². The summed E-state index contributed by atoms with van der Waals surface area (Å²) < 4.78 is 12.3. The van der Waals surface area contributed by atoms with Crippen LogP contribution in [0.25, 0.3) is 5.76 Å². The van der Waals surface area contributed by atoms with Crippen LogP contribution in [0.1, 0.15) is 23.6 Å². The molecule has 1 N–H and O–H groups in total. The molecule has 9 heteroatoms. The molecule has 34 heavy (non-hydrogen) atoms. The third-order valence-corrected chi connectivity index (χ3v) is 6.07. The van der Waals surface area contributed by atoms with E-state index in [2.05, 4.69) is 4.98 Å². The average molecular weight is 482 g/mol. The van der Waals surface area contributed by atoms with Crippen LogP contribution in [0, 0.1) is 0 Å². The highest BCUT2D eigenvalue weighted by molar-refractivity contribution is 6.46. The smallest absolute Gasteiger partial charge is 0.295 e. The van der Waals surface area contributed by atoms with E-state index < -0.39 is 17.7 Å². The third-order valence-electron chi connectivity index (χ3n) is 5.77. The first-order chi connectivity index (χ1) is 16.4. The van der Waals surface area contributed by atoms with Gasteiger partial charge >= 0.3 is 0 Å². The Morgan fingerprint density at radius 1 is 1.09 bits per heavy atom. The number of amides is 1. The Kier molecular flexibility index (Phi) is 6.88. The summed E-state index contributed by atoms with van der Waals surface area (Å²) in [6, 6.07) is 11.0. The normalized spacial score (nSPS) is 17.3. The van der Waals surface area contributed by atoms with Gasteiger partial charge in [0.15, 0.2) is 0 Å². The second-order valence-electron chi connectivity index (χ2n) is 7.77. The zero-order chi connectivity index (χ0) is 24.2. The van der Waals surface area contributed by atoms with E-state index in [-0.39, 0.29) is 16.4 Å². The Balaban J connectivity index is 1.74. The summed E-state index contributed by atoms with van der Waals surface area (Å²) in [6.07, 6.45) is 5.82. The van der Waals surface area contributed by atoms with Gasteiger partial charge in [-0.15, -0.1) is 0 Å². The number of aliphatic hydroxyl groups is 1. The number of Topliss-reactive ketones (excluding diaryl/α,β-unsaturated/α-hetero) is 1. The van der Waals surface area contributed by atoms with Gasteiger partial charge in [0.1, 0.15) is 17.3 Å². The zero-order valence-corrected chi connectivity index (χ0v) is 19.5. The summed E-state index contributed by atoms with van der Waals surface area (Å²) in [5, 5.41) is 11.4. The Hall–Kier alpha value is -3.78. The molecule has 3 aromatic rings. The van der Waals surface area contributed by atoms with Crippen molar-refractivity contribution >= 4 is 29.1 Å². The predicted octanol–water partition coefficient (Wildman–Crippen LogP) is 4.07. The van der Waals surface area contributed by atoms with Gasteiger partial charge in [-0.1, -0.05) is 23.7 Å². The molecular formula is C25H24ClN3O5. The van der Waals surface area contributed by atoms with E-state index in [0.717, 1.165) is 0 Å². The van der Waals surface area contributed by atoms with Crippen molar-refractivity contribution in [3.05, 3.63) is 82.9 Å². The van der Waals surface area contributed by atoms with E-state index in [0.29, 0.717) is 42.1 Å². The average Bonchev–Trinajstić information content (AvgIpc) is 3.46. The quantitative estimate of drug-likeness (QED) is 0.296. The van der Waals surface area contributed by atoms with Crippen LogP contribution in [0.3, 0.4) is 0 Å². The van der Waals surface area contributed by atoms with E-state index in [1.165, 1.54) is 18.1 Å². The lowest BCUT2D eigenvalue weighted by molar-refractivity contribution is -0.139. The number of ketones is 1. The molecule has 176 valence electrons. The fraction of sp³-hybridized carbons (Fsp3) is 0.240. The molecule has 1 aromatic heterocycles. The van der Waals surface area contributed by atoms with Crippen molar-refractivity contribution < 1.29 is 24.2 Å². The van der Waals surface area contributed by atoms with Crippen LogP contribution >= 0.6 is 11.6 Å². The van der Waals surface area contributed by atoms with Gasteiger partial charge in [0.25, 0.3) is 11.7 Å². The van der Waals surface area contributed by atoms with Crippen LogP contribution in [-0.4, -0.2) is 52.0 Å². The lowest BCUT2D eigenvalue weighted by Crippen LogP contribution is -2.31. The minimum Gasteiger partial charge on any atom is -0.507 e. The standard InChI is InChI=1S/C25H24ClN3O5/c1-33-18-7-4-16(5-8-18)22-21(23(30)17-6-9-20(34-2)19(26)14-17)24(31)25(32)29(22)12-3-11-28-13-10-27-15-28/h4-10,13-15,22,30H,3,11-12H2,1-2H3/b23-21+. The Labute approximate surface area is 202 Å². The van der Waals surface area contributed by atoms with Crippen LogP contribution in [0.2, 0.25) is 5.02 Å². The van der Waals surface area contributed by atoms with Crippen molar-refractivity contribution in [2.75, 3.05) is 20.8 Å². The summed E-state index contributed by atoms with van der Waals surface area (Å²) in [5.41, 5.74) is 1.02. The number of methoxy groups -OCH3 is 2. The first-order valence-corrected chi connectivity index (χ1v) is 11.0. The molecule has 0 saturated carbocycles. The summed E-state index contributed by atoms with van der Waals surface area (Å²) in [6.45, 7) is 0.950. The number of hydrogen-bond acceptors (Lipinski definition) is 6. The number of carbonyl (C=O) groups is 2. The molecule has 4 rings (SSSR count). The number of aliphatic hydroxyl groups excluding tert-OH is 1. The SMILES string of the molecule is COc1ccc(C2/C(=C(\O)c3ccc(OC)c(Cl)c3)C(=O)C(=O)N2CCCn2ccnc2)cc1. The molecule has 2 aromatic carbocycles. The minimum atomic E-state index is -0.755. The number of hydrogen-bond donors (Lipinski definition) is 1. The fourth-order valence-electron chi connectivity index (χ4n) is 4.06. The maximum atomic E-state index is 13.1. The highest BCUT2D eigenvalue weighted by Crippen LogP contribution is 2.40. The van der Waals surface area contributed by atoms with Gasteiger partial charge in [-0.25, -0.2) is 4.98 Å². The lowest BCUT2D eigenvalue weighted by Gasteiger charge is -2.25. The molecule has 1 atom stereocenters. The van der Waals surface area contributed by atoms with Crippen molar-refractivity contribution in [2.45, 2.75) is 19.0 Å². The van der Waals surface area contributed by atoms with Crippen molar-refractivity contribution in [1.82, 2.24) is 14.5 Å². The van der Waals surface area contributed by atoms with Crippen LogP contribution in [0.15, 0.2) is 66.8 Å². The topological polar surface area (TPSA) is 93.9 Å². The largest absolute Gasteiger partial charge is 0.507 e. The first kappa shape index (κ1) is 23.4. The van der Waals surface area contributed by atoms with Crippen LogP contribution < -0.4 is 9.47 Å². The number of imidazole rings is 1. The Bertz CT molecular complexity index is 1220.